The van der Waals surface area contributed by atoms with Crippen molar-refractivity contribution in [1.82, 2.24) is 0 Å². The fourth-order valence-electron chi connectivity index (χ4n) is 2.59. The van der Waals surface area contributed by atoms with Gasteiger partial charge >= 0.3 is 0 Å². The molecule has 20 heavy (non-hydrogen) atoms. The Labute approximate surface area is 130 Å². The van der Waals surface area contributed by atoms with E-state index in [0.29, 0.717) is 13.0 Å². The fraction of sp³-hybridized carbons (Fsp3) is 0.312. The Morgan fingerprint density at radius 3 is 3.05 bits per heavy atom. The second-order valence-corrected chi connectivity index (χ2v) is 6.71. The summed E-state index contributed by atoms with van der Waals surface area (Å²) < 4.78 is 6.71. The molecule has 0 spiro atoms. The second kappa shape index (κ2) is 5.70. The third kappa shape index (κ3) is 2.54. The van der Waals surface area contributed by atoms with Crippen LogP contribution >= 0.6 is 27.3 Å². The van der Waals surface area contributed by atoms with Gasteiger partial charge in [0.2, 0.25) is 0 Å². The first-order valence-electron chi connectivity index (χ1n) is 6.72. The Morgan fingerprint density at radius 2 is 2.25 bits per heavy atom. The van der Waals surface area contributed by atoms with Gasteiger partial charge in [-0.1, -0.05) is 22.9 Å². The first-order valence-corrected chi connectivity index (χ1v) is 8.40. The van der Waals surface area contributed by atoms with E-state index in [1.54, 1.807) is 0 Å². The Balaban J connectivity index is 1.90. The summed E-state index contributed by atoms with van der Waals surface area (Å²) in [5.74, 6) is 1.10. The number of carbonyl (C=O) groups is 1. The highest BCUT2D eigenvalue weighted by molar-refractivity contribution is 9.10. The molecule has 0 N–H and O–H groups in total. The van der Waals surface area contributed by atoms with Crippen molar-refractivity contribution in [1.29, 1.82) is 0 Å². The van der Waals surface area contributed by atoms with Gasteiger partial charge in [-0.2, -0.15) is 0 Å². The maximum Gasteiger partial charge on any atom is 0.177 e. The van der Waals surface area contributed by atoms with Crippen molar-refractivity contribution < 1.29 is 9.53 Å². The molecule has 0 bridgehead atoms. The van der Waals surface area contributed by atoms with E-state index in [-0.39, 0.29) is 5.78 Å². The normalized spacial score (nSPS) is 13.1. The van der Waals surface area contributed by atoms with Crippen LogP contribution in [0.15, 0.2) is 28.1 Å². The van der Waals surface area contributed by atoms with Crippen LogP contribution in [0.2, 0.25) is 0 Å². The SMILES string of the molecule is CCc1ccsc1C(=O)Cc1cc(Br)cc2c1OCC2. The maximum absolute atomic E-state index is 12.5. The van der Waals surface area contributed by atoms with E-state index in [2.05, 4.69) is 28.9 Å². The summed E-state index contributed by atoms with van der Waals surface area (Å²) in [4.78, 5) is 13.4. The van der Waals surface area contributed by atoms with E-state index in [1.165, 1.54) is 16.9 Å². The molecule has 3 rings (SSSR count). The molecule has 0 saturated carbocycles. The minimum atomic E-state index is 0.188. The second-order valence-electron chi connectivity index (χ2n) is 4.88. The van der Waals surface area contributed by atoms with Gasteiger partial charge in [-0.05, 0) is 41.1 Å². The van der Waals surface area contributed by atoms with Crippen molar-refractivity contribution in [2.75, 3.05) is 6.61 Å². The molecule has 0 unspecified atom stereocenters. The number of ketones is 1. The van der Waals surface area contributed by atoms with Crippen LogP contribution in [-0.2, 0) is 19.3 Å². The van der Waals surface area contributed by atoms with Crippen LogP contribution in [0.3, 0.4) is 0 Å². The lowest BCUT2D eigenvalue weighted by Crippen LogP contribution is -2.05. The van der Waals surface area contributed by atoms with Crippen molar-refractivity contribution in [2.45, 2.75) is 26.2 Å². The number of benzene rings is 1. The Bertz CT molecular complexity index is 660. The van der Waals surface area contributed by atoms with E-state index in [9.17, 15) is 4.79 Å². The average Bonchev–Trinajstić information content (AvgIpc) is 3.06. The van der Waals surface area contributed by atoms with E-state index < -0.39 is 0 Å². The lowest BCUT2D eigenvalue weighted by Gasteiger charge is -2.08. The third-order valence-corrected chi connectivity index (χ3v) is 5.01. The lowest BCUT2D eigenvalue weighted by atomic mass is 10.0. The Hall–Kier alpha value is -1.13. The molecule has 0 aliphatic carbocycles. The van der Waals surface area contributed by atoms with Gasteiger partial charge in [0.1, 0.15) is 5.75 Å². The van der Waals surface area contributed by atoms with Crippen LogP contribution in [0.1, 0.15) is 33.3 Å². The van der Waals surface area contributed by atoms with Crippen LogP contribution in [0.4, 0.5) is 0 Å². The highest BCUT2D eigenvalue weighted by atomic mass is 79.9. The molecule has 2 aromatic rings. The van der Waals surface area contributed by atoms with Crippen molar-refractivity contribution in [3.05, 3.63) is 49.6 Å². The smallest absolute Gasteiger partial charge is 0.177 e. The number of Topliss-reactive ketones (excluding diaryl/α,β-unsaturated/α-hetero) is 1. The molecule has 104 valence electrons. The van der Waals surface area contributed by atoms with Gasteiger partial charge in [-0.25, -0.2) is 0 Å². The molecule has 4 heteroatoms. The van der Waals surface area contributed by atoms with Crippen molar-refractivity contribution in [3.63, 3.8) is 0 Å². The highest BCUT2D eigenvalue weighted by Gasteiger charge is 2.21. The molecule has 0 amide bonds. The summed E-state index contributed by atoms with van der Waals surface area (Å²) >= 11 is 5.06. The molecular formula is C16H15BrO2S. The van der Waals surface area contributed by atoms with E-state index in [1.807, 2.05) is 17.5 Å². The zero-order chi connectivity index (χ0) is 14.1. The third-order valence-electron chi connectivity index (χ3n) is 3.56. The molecule has 1 aromatic carbocycles. The average molecular weight is 351 g/mol. The lowest BCUT2D eigenvalue weighted by molar-refractivity contribution is 0.0995. The Kier molecular flexibility index (Phi) is 3.94. The van der Waals surface area contributed by atoms with Gasteiger partial charge in [0.05, 0.1) is 11.5 Å². The number of thiophene rings is 1. The van der Waals surface area contributed by atoms with E-state index in [0.717, 1.165) is 39.1 Å². The van der Waals surface area contributed by atoms with Crippen molar-refractivity contribution in [2.24, 2.45) is 0 Å². The van der Waals surface area contributed by atoms with Crippen LogP contribution in [-0.4, -0.2) is 12.4 Å². The number of fused-ring (bicyclic) bond motifs is 1. The van der Waals surface area contributed by atoms with Crippen LogP contribution in [0, 0.1) is 0 Å². The van der Waals surface area contributed by atoms with Gasteiger partial charge in [0.15, 0.2) is 5.78 Å². The summed E-state index contributed by atoms with van der Waals surface area (Å²) in [5.41, 5.74) is 3.34. The molecular weight excluding hydrogens is 336 g/mol. The number of hydrogen-bond acceptors (Lipinski definition) is 3. The summed E-state index contributed by atoms with van der Waals surface area (Å²) in [5, 5.41) is 1.99. The summed E-state index contributed by atoms with van der Waals surface area (Å²) in [6.45, 7) is 2.80. The van der Waals surface area contributed by atoms with Gasteiger partial charge in [-0.15, -0.1) is 11.3 Å². The van der Waals surface area contributed by atoms with Crippen molar-refractivity contribution in [3.8, 4) is 5.75 Å². The first kappa shape index (κ1) is 13.8. The first-order chi connectivity index (χ1) is 9.69. The summed E-state index contributed by atoms with van der Waals surface area (Å²) in [6.07, 6.45) is 2.24. The topological polar surface area (TPSA) is 26.3 Å². The number of ether oxygens (including phenoxy) is 1. The zero-order valence-corrected chi connectivity index (χ0v) is 13.6. The van der Waals surface area contributed by atoms with Crippen molar-refractivity contribution >= 4 is 33.0 Å². The van der Waals surface area contributed by atoms with Crippen LogP contribution < -0.4 is 4.74 Å². The van der Waals surface area contributed by atoms with Gasteiger partial charge < -0.3 is 4.74 Å². The number of rotatable bonds is 4. The molecule has 0 atom stereocenters. The Morgan fingerprint density at radius 1 is 1.40 bits per heavy atom. The molecule has 0 radical (unpaired) electrons. The molecule has 2 heterocycles. The molecule has 2 nitrogen and oxygen atoms in total. The fourth-order valence-corrected chi connectivity index (χ4v) is 4.08. The zero-order valence-electron chi connectivity index (χ0n) is 11.2. The molecule has 1 aliphatic heterocycles. The number of carbonyl (C=O) groups excluding carboxylic acids is 1. The van der Waals surface area contributed by atoms with Gasteiger partial charge in [0.25, 0.3) is 0 Å². The molecule has 0 fully saturated rings. The predicted octanol–water partition coefficient (Wildman–Crippen LogP) is 4.43. The summed E-state index contributed by atoms with van der Waals surface area (Å²) in [7, 11) is 0. The minimum Gasteiger partial charge on any atom is -0.493 e. The minimum absolute atomic E-state index is 0.188. The number of hydrogen-bond donors (Lipinski definition) is 0. The standard InChI is InChI=1S/C16H15BrO2S/c1-2-10-4-6-20-16(10)14(18)9-12-8-13(17)7-11-3-5-19-15(11)12/h4,6-8H,2-3,5,9H2,1H3. The number of aryl methyl sites for hydroxylation is 1. The molecule has 1 aromatic heterocycles. The largest absolute Gasteiger partial charge is 0.493 e. The van der Waals surface area contributed by atoms with E-state index in [4.69, 9.17) is 4.74 Å². The quantitative estimate of drug-likeness (QED) is 0.762. The number of halogens is 1. The van der Waals surface area contributed by atoms with Gasteiger partial charge in [-0.3, -0.25) is 4.79 Å². The monoisotopic (exact) mass is 350 g/mol. The van der Waals surface area contributed by atoms with Crippen LogP contribution in [0.5, 0.6) is 5.75 Å². The molecule has 0 saturated heterocycles. The van der Waals surface area contributed by atoms with E-state index >= 15 is 0 Å². The predicted molar refractivity (Wildman–Crippen MR) is 85.1 cm³/mol. The molecule has 1 aliphatic rings. The van der Waals surface area contributed by atoms with Crippen LogP contribution in [0.25, 0.3) is 0 Å². The van der Waals surface area contributed by atoms with Gasteiger partial charge in [0, 0.05) is 22.9 Å². The summed E-state index contributed by atoms with van der Waals surface area (Å²) in [6, 6.07) is 6.12. The maximum atomic E-state index is 12.5. The highest BCUT2D eigenvalue weighted by Crippen LogP contribution is 2.34.